The van der Waals surface area contributed by atoms with Crippen molar-refractivity contribution in [3.05, 3.63) is 29.0 Å². The zero-order chi connectivity index (χ0) is 20.9. The van der Waals surface area contributed by atoms with Crippen molar-refractivity contribution in [2.45, 2.75) is 23.8 Å². The van der Waals surface area contributed by atoms with Crippen molar-refractivity contribution < 1.29 is 35.6 Å². The number of carbonyl (C=O) groups is 2. The van der Waals surface area contributed by atoms with E-state index < -0.39 is 50.2 Å². The van der Waals surface area contributed by atoms with Crippen LogP contribution in [0.1, 0.15) is 12.8 Å². The second kappa shape index (κ2) is 9.16. The molecule has 2 N–H and O–H groups in total. The van der Waals surface area contributed by atoms with Gasteiger partial charge in [0.2, 0.25) is 10.0 Å². The number of benzene rings is 1. The molecule has 0 aliphatic carbocycles. The van der Waals surface area contributed by atoms with Gasteiger partial charge < -0.3 is 10.1 Å². The van der Waals surface area contributed by atoms with Crippen molar-refractivity contribution in [3.63, 3.8) is 0 Å². The Bertz CT molecular complexity index is 967. The van der Waals surface area contributed by atoms with E-state index in [0.29, 0.717) is 6.42 Å². The number of esters is 1. The fourth-order valence-electron chi connectivity index (χ4n) is 2.41. The highest BCUT2D eigenvalue weighted by atomic mass is 35.5. The van der Waals surface area contributed by atoms with Crippen molar-refractivity contribution in [1.29, 1.82) is 0 Å². The van der Waals surface area contributed by atoms with Gasteiger partial charge in [-0.15, -0.1) is 0 Å². The Morgan fingerprint density at radius 3 is 2.64 bits per heavy atom. The number of ether oxygens (including phenoxy) is 1. The van der Waals surface area contributed by atoms with Crippen molar-refractivity contribution in [2.24, 2.45) is 0 Å². The minimum atomic E-state index is -4.00. The second-order valence-corrected chi connectivity index (χ2v) is 10.5. The highest BCUT2D eigenvalue weighted by Gasteiger charge is 2.29. The lowest BCUT2D eigenvalue weighted by molar-refractivity contribution is -0.148. The molecule has 2 rings (SSSR count). The first-order chi connectivity index (χ1) is 13.0. The number of sulfone groups is 1. The molecule has 28 heavy (non-hydrogen) atoms. The molecule has 1 atom stereocenters. The predicted octanol–water partition coefficient (Wildman–Crippen LogP) is -0.00600. The number of sulfonamides is 1. The summed E-state index contributed by atoms with van der Waals surface area (Å²) in [5.74, 6) is -2.39. The lowest BCUT2D eigenvalue weighted by atomic mass is 10.2. The first kappa shape index (κ1) is 22.5. The molecule has 1 amide bonds. The number of nitrogens with one attached hydrogen (secondary N) is 2. The Morgan fingerprint density at radius 2 is 2.04 bits per heavy atom. The normalized spacial score (nSPS) is 18.6. The standard InChI is InChI=1S/C15H18ClFN2O7S2/c16-12-7-11(1-2-13(12)17)28(24,25)18-5-3-15(21)26-8-14(20)19-10-4-6-27(22,23)9-10/h1-2,7,10,18H,3-6,8-9H2,(H,19,20). The summed E-state index contributed by atoms with van der Waals surface area (Å²) in [6, 6.07) is 2.35. The molecule has 0 aromatic heterocycles. The van der Waals surface area contributed by atoms with Gasteiger partial charge in [-0.25, -0.2) is 25.9 Å². The van der Waals surface area contributed by atoms with Crippen LogP contribution < -0.4 is 10.0 Å². The molecule has 1 aliphatic heterocycles. The summed E-state index contributed by atoms with van der Waals surface area (Å²) in [6.07, 6.45) is -0.0452. The molecule has 0 bridgehead atoms. The van der Waals surface area contributed by atoms with Gasteiger partial charge >= 0.3 is 5.97 Å². The molecule has 9 nitrogen and oxygen atoms in total. The SMILES string of the molecule is O=C(COC(=O)CCNS(=O)(=O)c1ccc(F)c(Cl)c1)NC1CCS(=O)(=O)C1. The summed E-state index contributed by atoms with van der Waals surface area (Å²) in [5.41, 5.74) is 0. The Kier molecular flexibility index (Phi) is 7.37. The molecule has 1 fully saturated rings. The van der Waals surface area contributed by atoms with Gasteiger partial charge in [0.1, 0.15) is 5.82 Å². The molecule has 156 valence electrons. The van der Waals surface area contributed by atoms with E-state index in [1.54, 1.807) is 0 Å². The summed E-state index contributed by atoms with van der Waals surface area (Å²) >= 11 is 5.54. The number of amides is 1. The molecule has 0 spiro atoms. The Hall–Kier alpha value is -1.76. The molecule has 1 aromatic rings. The fourth-order valence-corrected chi connectivity index (χ4v) is 5.39. The number of hydrogen-bond acceptors (Lipinski definition) is 7. The molecule has 1 saturated heterocycles. The van der Waals surface area contributed by atoms with E-state index in [2.05, 4.69) is 10.0 Å². The molecule has 1 unspecified atom stereocenters. The second-order valence-electron chi connectivity index (χ2n) is 6.05. The maximum absolute atomic E-state index is 13.1. The monoisotopic (exact) mass is 456 g/mol. The van der Waals surface area contributed by atoms with E-state index in [0.717, 1.165) is 18.2 Å². The number of halogens is 2. The van der Waals surface area contributed by atoms with Crippen LogP contribution in [0.5, 0.6) is 0 Å². The van der Waals surface area contributed by atoms with Crippen LogP contribution in [-0.4, -0.2) is 59.4 Å². The van der Waals surface area contributed by atoms with E-state index in [-0.39, 0.29) is 34.4 Å². The third-order valence-corrected chi connectivity index (χ3v) is 7.30. The number of hydrogen-bond donors (Lipinski definition) is 2. The van der Waals surface area contributed by atoms with Gasteiger partial charge in [0.05, 0.1) is 27.8 Å². The summed E-state index contributed by atoms with van der Waals surface area (Å²) in [4.78, 5) is 23.0. The third-order valence-electron chi connectivity index (χ3n) is 3.78. The van der Waals surface area contributed by atoms with Crippen LogP contribution in [0.2, 0.25) is 5.02 Å². The lowest BCUT2D eigenvalue weighted by Crippen LogP contribution is -2.38. The van der Waals surface area contributed by atoms with Gasteiger partial charge in [0.25, 0.3) is 5.91 Å². The van der Waals surface area contributed by atoms with Gasteiger partial charge in [-0.05, 0) is 24.6 Å². The van der Waals surface area contributed by atoms with Gasteiger partial charge in [0, 0.05) is 12.6 Å². The minimum absolute atomic E-state index is 0.00283. The summed E-state index contributed by atoms with van der Waals surface area (Å²) in [7, 11) is -7.14. The Labute approximate surface area is 166 Å². The van der Waals surface area contributed by atoms with E-state index >= 15 is 0 Å². The van der Waals surface area contributed by atoms with Crippen LogP contribution in [0.3, 0.4) is 0 Å². The van der Waals surface area contributed by atoms with Crippen molar-refractivity contribution in [1.82, 2.24) is 10.0 Å². The number of carbonyl (C=O) groups excluding carboxylic acids is 2. The van der Waals surface area contributed by atoms with E-state index in [9.17, 15) is 30.8 Å². The average Bonchev–Trinajstić information content (AvgIpc) is 2.93. The Morgan fingerprint density at radius 1 is 1.32 bits per heavy atom. The van der Waals surface area contributed by atoms with Gasteiger partial charge in [-0.1, -0.05) is 11.6 Å². The molecule has 1 aromatic carbocycles. The molecule has 0 saturated carbocycles. The lowest BCUT2D eigenvalue weighted by Gasteiger charge is -2.11. The summed E-state index contributed by atoms with van der Waals surface area (Å²) in [5, 5.41) is 2.09. The van der Waals surface area contributed by atoms with Gasteiger partial charge in [-0.2, -0.15) is 0 Å². The number of rotatable bonds is 8. The smallest absolute Gasteiger partial charge is 0.307 e. The maximum Gasteiger partial charge on any atom is 0.307 e. The molecular weight excluding hydrogens is 439 g/mol. The third kappa shape index (κ3) is 6.69. The highest BCUT2D eigenvalue weighted by Crippen LogP contribution is 2.19. The molecule has 1 heterocycles. The zero-order valence-electron chi connectivity index (χ0n) is 14.5. The van der Waals surface area contributed by atoms with Gasteiger partial charge in [-0.3, -0.25) is 9.59 Å². The zero-order valence-corrected chi connectivity index (χ0v) is 16.9. The summed E-state index contributed by atoms with van der Waals surface area (Å²) in [6.45, 7) is -0.908. The van der Waals surface area contributed by atoms with Crippen LogP contribution in [-0.2, 0) is 34.2 Å². The predicted molar refractivity (Wildman–Crippen MR) is 97.4 cm³/mol. The first-order valence-corrected chi connectivity index (χ1v) is 11.8. The summed E-state index contributed by atoms with van der Waals surface area (Å²) < 4.78 is 66.6. The Balaban J connectivity index is 1.72. The average molecular weight is 457 g/mol. The topological polar surface area (TPSA) is 136 Å². The molecular formula is C15H18ClFN2O7S2. The van der Waals surface area contributed by atoms with Crippen molar-refractivity contribution >= 4 is 43.3 Å². The van der Waals surface area contributed by atoms with Crippen LogP contribution in [0.4, 0.5) is 4.39 Å². The molecule has 13 heteroatoms. The van der Waals surface area contributed by atoms with E-state index in [1.165, 1.54) is 0 Å². The quantitative estimate of drug-likeness (QED) is 0.525. The first-order valence-electron chi connectivity index (χ1n) is 8.09. The van der Waals surface area contributed by atoms with Crippen molar-refractivity contribution in [3.8, 4) is 0 Å². The van der Waals surface area contributed by atoms with E-state index in [4.69, 9.17) is 16.3 Å². The van der Waals surface area contributed by atoms with Crippen molar-refractivity contribution in [2.75, 3.05) is 24.7 Å². The largest absolute Gasteiger partial charge is 0.456 e. The fraction of sp³-hybridized carbons (Fsp3) is 0.467. The maximum atomic E-state index is 13.1. The highest BCUT2D eigenvalue weighted by molar-refractivity contribution is 7.91. The van der Waals surface area contributed by atoms with E-state index in [1.807, 2.05) is 0 Å². The minimum Gasteiger partial charge on any atom is -0.456 e. The van der Waals surface area contributed by atoms with Crippen LogP contribution in [0.15, 0.2) is 23.1 Å². The molecule has 0 radical (unpaired) electrons. The van der Waals surface area contributed by atoms with Crippen LogP contribution in [0.25, 0.3) is 0 Å². The van der Waals surface area contributed by atoms with Gasteiger partial charge in [0.15, 0.2) is 16.4 Å². The van der Waals surface area contributed by atoms with Crippen LogP contribution >= 0.6 is 11.6 Å². The molecule has 1 aliphatic rings. The van der Waals surface area contributed by atoms with Crippen LogP contribution in [0, 0.1) is 5.82 Å².